The zero-order valence-corrected chi connectivity index (χ0v) is 16.2. The molecule has 1 aromatic heterocycles. The number of nitrogens with zero attached hydrogens (tertiary/aromatic N) is 3. The van der Waals surface area contributed by atoms with E-state index in [1.165, 1.54) is 4.68 Å². The second-order valence-electron chi connectivity index (χ2n) is 6.62. The third-order valence-electron chi connectivity index (χ3n) is 4.55. The number of hydrogen-bond acceptors (Lipinski definition) is 6. The fourth-order valence-electron chi connectivity index (χ4n) is 3.11. The summed E-state index contributed by atoms with van der Waals surface area (Å²) >= 11 is 0. The first-order valence-corrected chi connectivity index (χ1v) is 9.45. The lowest BCUT2D eigenvalue weighted by Crippen LogP contribution is -2.23. The molecule has 1 atom stereocenters. The minimum absolute atomic E-state index is 0.101. The van der Waals surface area contributed by atoms with Crippen molar-refractivity contribution in [2.75, 3.05) is 17.2 Å². The number of hydrogen-bond donors (Lipinski definition) is 2. The Morgan fingerprint density at radius 2 is 1.87 bits per heavy atom. The molecule has 2 heterocycles. The van der Waals surface area contributed by atoms with Gasteiger partial charge in [0.15, 0.2) is 5.82 Å². The predicted molar refractivity (Wildman–Crippen MR) is 109 cm³/mol. The lowest BCUT2D eigenvalue weighted by atomic mass is 10.1. The van der Waals surface area contributed by atoms with E-state index >= 15 is 0 Å². The minimum atomic E-state index is -0.788. The van der Waals surface area contributed by atoms with Crippen molar-refractivity contribution in [3.05, 3.63) is 60.2 Å². The predicted octanol–water partition coefficient (Wildman–Crippen LogP) is 2.64. The number of benzene rings is 2. The minimum Gasteiger partial charge on any atom is -0.462 e. The Bertz CT molecular complexity index is 1090. The molecular weight excluding hydrogens is 386 g/mol. The molecule has 0 saturated heterocycles. The van der Waals surface area contributed by atoms with Crippen LogP contribution in [0.3, 0.4) is 0 Å². The molecule has 152 valence electrons. The van der Waals surface area contributed by atoms with E-state index in [-0.39, 0.29) is 24.8 Å². The number of ether oxygens (including phenoxy) is 1. The monoisotopic (exact) mass is 405 g/mol. The van der Waals surface area contributed by atoms with Crippen LogP contribution in [-0.4, -0.2) is 39.2 Å². The summed E-state index contributed by atoms with van der Waals surface area (Å²) in [4.78, 5) is 40.8. The molecule has 1 aliphatic heterocycles. The number of rotatable bonds is 6. The Balaban J connectivity index is 1.43. The summed E-state index contributed by atoms with van der Waals surface area (Å²) in [5.74, 6) is -0.326. The molecule has 9 heteroatoms. The molecular formula is C21H19N5O4. The first-order valence-electron chi connectivity index (χ1n) is 9.45. The van der Waals surface area contributed by atoms with Crippen LogP contribution in [0, 0.1) is 0 Å². The Labute approximate surface area is 172 Å². The molecule has 2 aromatic carbocycles. The maximum Gasteiger partial charge on any atom is 0.338 e. The standard InChI is InChI=1S/C21H19N5O4/c1-2-30-20(29)14-8-10-15(11-9-14)22-17(27)12-16-19(28)24-21-23-18(25-26(16)21)13-6-4-3-5-7-13/h3-11,16H,2,12H2,1H3,(H,22,27)(H,23,24,25,28)/t16-/m0/s1. The maximum absolute atomic E-state index is 12.5. The van der Waals surface area contributed by atoms with Crippen molar-refractivity contribution in [3.8, 4) is 11.4 Å². The molecule has 0 fully saturated rings. The first-order chi connectivity index (χ1) is 14.5. The molecule has 0 radical (unpaired) electrons. The molecule has 1 aliphatic rings. The van der Waals surface area contributed by atoms with Crippen molar-refractivity contribution >= 4 is 29.4 Å². The topological polar surface area (TPSA) is 115 Å². The van der Waals surface area contributed by atoms with Crippen LogP contribution in [0.15, 0.2) is 54.6 Å². The van der Waals surface area contributed by atoms with Gasteiger partial charge in [0.05, 0.1) is 18.6 Å². The van der Waals surface area contributed by atoms with Gasteiger partial charge in [-0.25, -0.2) is 9.48 Å². The van der Waals surface area contributed by atoms with Gasteiger partial charge in [-0.15, -0.1) is 5.10 Å². The van der Waals surface area contributed by atoms with Gasteiger partial charge in [-0.3, -0.25) is 14.9 Å². The quantitative estimate of drug-likeness (QED) is 0.609. The third kappa shape index (κ3) is 3.90. The van der Waals surface area contributed by atoms with E-state index in [1.54, 1.807) is 31.2 Å². The van der Waals surface area contributed by atoms with Crippen LogP contribution in [0.5, 0.6) is 0 Å². The van der Waals surface area contributed by atoms with Crippen molar-refractivity contribution in [3.63, 3.8) is 0 Å². The van der Waals surface area contributed by atoms with E-state index in [2.05, 4.69) is 20.7 Å². The zero-order chi connectivity index (χ0) is 21.1. The summed E-state index contributed by atoms with van der Waals surface area (Å²) in [6, 6.07) is 14.9. The largest absolute Gasteiger partial charge is 0.462 e. The number of anilines is 2. The van der Waals surface area contributed by atoms with Crippen LogP contribution in [0.25, 0.3) is 11.4 Å². The fourth-order valence-corrected chi connectivity index (χ4v) is 3.11. The van der Waals surface area contributed by atoms with Crippen LogP contribution >= 0.6 is 0 Å². The molecule has 9 nitrogen and oxygen atoms in total. The summed E-state index contributed by atoms with van der Waals surface area (Å²) in [6.45, 7) is 2.02. The average molecular weight is 405 g/mol. The van der Waals surface area contributed by atoms with Gasteiger partial charge in [0.25, 0.3) is 5.91 Å². The number of amides is 2. The first kappa shape index (κ1) is 19.3. The van der Waals surface area contributed by atoms with E-state index < -0.39 is 12.0 Å². The fraction of sp³-hybridized carbons (Fsp3) is 0.190. The second-order valence-corrected chi connectivity index (χ2v) is 6.62. The van der Waals surface area contributed by atoms with E-state index in [1.807, 2.05) is 30.3 Å². The molecule has 4 rings (SSSR count). The van der Waals surface area contributed by atoms with Crippen molar-refractivity contribution in [2.24, 2.45) is 0 Å². The molecule has 0 unspecified atom stereocenters. The van der Waals surface area contributed by atoms with Crippen LogP contribution in [0.1, 0.15) is 29.7 Å². The molecule has 2 N–H and O–H groups in total. The van der Waals surface area contributed by atoms with Crippen molar-refractivity contribution < 1.29 is 19.1 Å². The van der Waals surface area contributed by atoms with Gasteiger partial charge in [-0.2, -0.15) is 4.98 Å². The maximum atomic E-state index is 12.5. The van der Waals surface area contributed by atoms with E-state index in [0.717, 1.165) is 5.56 Å². The second kappa shape index (κ2) is 8.16. The smallest absolute Gasteiger partial charge is 0.338 e. The van der Waals surface area contributed by atoms with Crippen LogP contribution in [0.4, 0.5) is 11.6 Å². The van der Waals surface area contributed by atoms with E-state index in [9.17, 15) is 14.4 Å². The zero-order valence-electron chi connectivity index (χ0n) is 16.2. The van der Waals surface area contributed by atoms with Gasteiger partial charge < -0.3 is 10.1 Å². The van der Waals surface area contributed by atoms with Gasteiger partial charge in [0.2, 0.25) is 11.9 Å². The highest BCUT2D eigenvalue weighted by Crippen LogP contribution is 2.28. The van der Waals surface area contributed by atoms with Crippen LogP contribution < -0.4 is 10.6 Å². The number of esters is 1. The molecule has 30 heavy (non-hydrogen) atoms. The molecule has 0 aliphatic carbocycles. The van der Waals surface area contributed by atoms with Gasteiger partial charge in [0.1, 0.15) is 6.04 Å². The van der Waals surface area contributed by atoms with Gasteiger partial charge in [-0.05, 0) is 31.2 Å². The number of aromatic nitrogens is 3. The van der Waals surface area contributed by atoms with Gasteiger partial charge >= 0.3 is 5.97 Å². The van der Waals surface area contributed by atoms with Crippen LogP contribution in [-0.2, 0) is 14.3 Å². The van der Waals surface area contributed by atoms with Gasteiger partial charge in [0, 0.05) is 11.3 Å². The normalized spacial score (nSPS) is 14.7. The highest BCUT2D eigenvalue weighted by molar-refractivity contribution is 6.01. The summed E-state index contributed by atoms with van der Waals surface area (Å²) in [5, 5.41) is 9.77. The summed E-state index contributed by atoms with van der Waals surface area (Å²) in [7, 11) is 0. The average Bonchev–Trinajstić information content (AvgIpc) is 3.28. The Morgan fingerprint density at radius 1 is 1.13 bits per heavy atom. The molecule has 3 aromatic rings. The van der Waals surface area contributed by atoms with Crippen molar-refractivity contribution in [1.29, 1.82) is 0 Å². The number of fused-ring (bicyclic) bond motifs is 1. The third-order valence-corrected chi connectivity index (χ3v) is 4.55. The van der Waals surface area contributed by atoms with Crippen molar-refractivity contribution in [2.45, 2.75) is 19.4 Å². The van der Waals surface area contributed by atoms with Gasteiger partial charge in [-0.1, -0.05) is 30.3 Å². The number of carbonyl (C=O) groups is 3. The molecule has 0 spiro atoms. The van der Waals surface area contributed by atoms with E-state index in [4.69, 9.17) is 4.74 Å². The molecule has 2 amide bonds. The van der Waals surface area contributed by atoms with Crippen LogP contribution in [0.2, 0.25) is 0 Å². The lowest BCUT2D eigenvalue weighted by Gasteiger charge is -2.10. The highest BCUT2D eigenvalue weighted by Gasteiger charge is 2.35. The Morgan fingerprint density at radius 3 is 2.57 bits per heavy atom. The molecule has 0 bridgehead atoms. The highest BCUT2D eigenvalue weighted by atomic mass is 16.5. The summed E-state index contributed by atoms with van der Waals surface area (Å²) in [5.41, 5.74) is 1.72. The van der Waals surface area contributed by atoms with Crippen molar-refractivity contribution in [1.82, 2.24) is 14.8 Å². The summed E-state index contributed by atoms with van der Waals surface area (Å²) < 4.78 is 6.37. The van der Waals surface area contributed by atoms with E-state index in [0.29, 0.717) is 23.0 Å². The lowest BCUT2D eigenvalue weighted by molar-refractivity contribution is -0.123. The molecule has 0 saturated carbocycles. The number of nitrogens with one attached hydrogen (secondary N) is 2. The number of carbonyl (C=O) groups excluding carboxylic acids is 3. The Kier molecular flexibility index (Phi) is 5.25. The Hall–Kier alpha value is -4.01. The SMILES string of the molecule is CCOC(=O)c1ccc(NC(=O)C[C@H]2C(=O)Nc3nc(-c4ccccc4)nn32)cc1. The summed E-state index contributed by atoms with van der Waals surface area (Å²) in [6.07, 6.45) is -0.101.